The fourth-order valence-corrected chi connectivity index (χ4v) is 2.96. The van der Waals surface area contributed by atoms with Gasteiger partial charge in [0, 0.05) is 37.3 Å². The first-order valence-electron chi connectivity index (χ1n) is 8.91. The molecule has 0 radical (unpaired) electrons. The van der Waals surface area contributed by atoms with Crippen LogP contribution in [0, 0.1) is 0 Å². The molecule has 1 aliphatic carbocycles. The van der Waals surface area contributed by atoms with Crippen molar-refractivity contribution < 1.29 is 9.59 Å². The van der Waals surface area contributed by atoms with E-state index in [9.17, 15) is 9.59 Å². The number of anilines is 1. The van der Waals surface area contributed by atoms with E-state index in [4.69, 9.17) is 0 Å². The van der Waals surface area contributed by atoms with Crippen LogP contribution in [0.2, 0.25) is 0 Å². The van der Waals surface area contributed by atoms with Gasteiger partial charge in [0.05, 0.1) is 6.54 Å². The predicted octanol–water partition coefficient (Wildman–Crippen LogP) is 1.54. The van der Waals surface area contributed by atoms with Gasteiger partial charge >= 0.3 is 0 Å². The van der Waals surface area contributed by atoms with Crippen LogP contribution in [0.3, 0.4) is 0 Å². The molecule has 4 rings (SSSR count). The largest absolute Gasteiger partial charge is 0.366 e. The van der Waals surface area contributed by atoms with Crippen molar-refractivity contribution in [1.29, 1.82) is 0 Å². The van der Waals surface area contributed by atoms with Gasteiger partial charge in [-0.05, 0) is 36.6 Å². The molecule has 0 atom stereocenters. The summed E-state index contributed by atoms with van der Waals surface area (Å²) < 4.78 is 0. The molecule has 2 aromatic rings. The van der Waals surface area contributed by atoms with Crippen LogP contribution in [0.4, 0.5) is 5.82 Å². The van der Waals surface area contributed by atoms with E-state index in [-0.39, 0.29) is 18.4 Å². The Balaban J connectivity index is 1.36. The summed E-state index contributed by atoms with van der Waals surface area (Å²) in [5.41, 5.74) is 1.66. The van der Waals surface area contributed by atoms with Gasteiger partial charge in [-0.3, -0.25) is 9.59 Å². The van der Waals surface area contributed by atoms with Crippen molar-refractivity contribution in [3.05, 3.63) is 53.5 Å². The number of nitrogens with one attached hydrogen (secondary N) is 2. The Labute approximate surface area is 151 Å². The Morgan fingerprint density at radius 3 is 2.77 bits per heavy atom. The third kappa shape index (κ3) is 3.82. The zero-order chi connectivity index (χ0) is 17.9. The molecule has 2 N–H and O–H groups in total. The van der Waals surface area contributed by atoms with Crippen LogP contribution in [-0.2, 0) is 11.3 Å². The zero-order valence-corrected chi connectivity index (χ0v) is 14.4. The lowest BCUT2D eigenvalue weighted by atomic mass is 10.1. The standard InChI is InChI=1S/C19H21N5O2/c25-17-12-24(10-9-20-17)19(26)15-3-1-13(2-4-15)11-22-16-7-8-21-18(23-16)14-5-6-14/h1-4,7-8,14H,5-6,9-12H2,(H,20,25)(H,21,22,23). The first-order chi connectivity index (χ1) is 12.7. The van der Waals surface area contributed by atoms with Crippen molar-refractivity contribution in [3.8, 4) is 0 Å². The van der Waals surface area contributed by atoms with Crippen molar-refractivity contribution in [3.63, 3.8) is 0 Å². The quantitative estimate of drug-likeness (QED) is 0.853. The number of piperazine rings is 1. The minimum atomic E-state index is -0.110. The number of rotatable bonds is 5. The average Bonchev–Trinajstić information content (AvgIpc) is 3.52. The molecule has 0 unspecified atom stereocenters. The molecule has 134 valence electrons. The highest BCUT2D eigenvalue weighted by atomic mass is 16.2. The number of hydrogen-bond donors (Lipinski definition) is 2. The molecule has 2 aliphatic rings. The van der Waals surface area contributed by atoms with Crippen LogP contribution in [0.5, 0.6) is 0 Å². The van der Waals surface area contributed by atoms with Crippen molar-refractivity contribution in [2.24, 2.45) is 0 Å². The van der Waals surface area contributed by atoms with Gasteiger partial charge < -0.3 is 15.5 Å². The fraction of sp³-hybridized carbons (Fsp3) is 0.368. The summed E-state index contributed by atoms with van der Waals surface area (Å²) in [4.78, 5) is 34.3. The first kappa shape index (κ1) is 16.5. The highest BCUT2D eigenvalue weighted by Gasteiger charge is 2.26. The summed E-state index contributed by atoms with van der Waals surface area (Å²) in [5, 5.41) is 6.03. The van der Waals surface area contributed by atoms with Crippen LogP contribution in [-0.4, -0.2) is 46.3 Å². The van der Waals surface area contributed by atoms with E-state index < -0.39 is 0 Å². The molecule has 26 heavy (non-hydrogen) atoms. The Kier molecular flexibility index (Phi) is 4.51. The Morgan fingerprint density at radius 1 is 1.23 bits per heavy atom. The van der Waals surface area contributed by atoms with E-state index in [1.54, 1.807) is 11.1 Å². The molecular formula is C19H21N5O2. The Bertz CT molecular complexity index is 817. The van der Waals surface area contributed by atoms with Crippen molar-refractivity contribution >= 4 is 17.6 Å². The van der Waals surface area contributed by atoms with Crippen LogP contribution >= 0.6 is 0 Å². The normalized spacial score (nSPS) is 16.9. The van der Waals surface area contributed by atoms with E-state index >= 15 is 0 Å². The molecule has 2 amide bonds. The maximum Gasteiger partial charge on any atom is 0.254 e. The minimum Gasteiger partial charge on any atom is -0.366 e. The van der Waals surface area contributed by atoms with Gasteiger partial charge in [0.2, 0.25) is 5.91 Å². The van der Waals surface area contributed by atoms with Crippen molar-refractivity contribution in [2.75, 3.05) is 25.0 Å². The number of carbonyl (C=O) groups is 2. The molecule has 1 aliphatic heterocycles. The third-order valence-electron chi connectivity index (χ3n) is 4.62. The van der Waals surface area contributed by atoms with E-state index in [1.807, 2.05) is 30.3 Å². The third-order valence-corrected chi connectivity index (χ3v) is 4.62. The molecule has 0 bridgehead atoms. The lowest BCUT2D eigenvalue weighted by molar-refractivity contribution is -0.123. The van der Waals surface area contributed by atoms with E-state index in [0.717, 1.165) is 17.2 Å². The fourth-order valence-electron chi connectivity index (χ4n) is 2.96. The number of carbonyl (C=O) groups excluding carboxylic acids is 2. The van der Waals surface area contributed by atoms with Gasteiger partial charge in [-0.25, -0.2) is 9.97 Å². The average molecular weight is 351 g/mol. The highest BCUT2D eigenvalue weighted by Crippen LogP contribution is 2.38. The predicted molar refractivity (Wildman–Crippen MR) is 96.7 cm³/mol. The monoisotopic (exact) mass is 351 g/mol. The van der Waals surface area contributed by atoms with Crippen LogP contribution in [0.1, 0.15) is 40.5 Å². The number of hydrogen-bond acceptors (Lipinski definition) is 5. The van der Waals surface area contributed by atoms with Gasteiger partial charge in [-0.15, -0.1) is 0 Å². The summed E-state index contributed by atoms with van der Waals surface area (Å²) in [6.07, 6.45) is 4.15. The van der Waals surface area contributed by atoms with E-state index in [0.29, 0.717) is 31.1 Å². The minimum absolute atomic E-state index is 0.107. The van der Waals surface area contributed by atoms with Crippen LogP contribution in [0.25, 0.3) is 0 Å². The SMILES string of the molecule is O=C1CN(C(=O)c2ccc(CNc3ccnc(C4CC4)n3)cc2)CCN1. The van der Waals surface area contributed by atoms with Crippen molar-refractivity contribution in [2.45, 2.75) is 25.3 Å². The lowest BCUT2D eigenvalue weighted by Gasteiger charge is -2.26. The molecule has 2 fully saturated rings. The van der Waals surface area contributed by atoms with Crippen molar-refractivity contribution in [1.82, 2.24) is 20.2 Å². The number of benzene rings is 1. The topological polar surface area (TPSA) is 87.2 Å². The second-order valence-electron chi connectivity index (χ2n) is 6.70. The number of aromatic nitrogens is 2. The molecule has 7 nitrogen and oxygen atoms in total. The molecule has 1 aromatic heterocycles. The lowest BCUT2D eigenvalue weighted by Crippen LogP contribution is -2.49. The maximum atomic E-state index is 12.5. The van der Waals surface area contributed by atoms with Crippen LogP contribution in [0.15, 0.2) is 36.5 Å². The molecule has 1 aromatic carbocycles. The number of nitrogens with zero attached hydrogens (tertiary/aromatic N) is 3. The summed E-state index contributed by atoms with van der Waals surface area (Å²) in [7, 11) is 0. The van der Waals surface area contributed by atoms with Gasteiger partial charge in [0.25, 0.3) is 5.91 Å². The second kappa shape index (κ2) is 7.11. The van der Waals surface area contributed by atoms with Gasteiger partial charge in [0.15, 0.2) is 0 Å². The van der Waals surface area contributed by atoms with Gasteiger partial charge in [0.1, 0.15) is 11.6 Å². The van der Waals surface area contributed by atoms with Gasteiger partial charge in [-0.1, -0.05) is 12.1 Å². The maximum absolute atomic E-state index is 12.5. The number of amides is 2. The smallest absolute Gasteiger partial charge is 0.254 e. The molecule has 1 saturated carbocycles. The molecule has 7 heteroatoms. The molecular weight excluding hydrogens is 330 g/mol. The Hall–Kier alpha value is -2.96. The molecule has 1 saturated heterocycles. The summed E-state index contributed by atoms with van der Waals surface area (Å²) in [5.74, 6) is 2.05. The molecule has 0 spiro atoms. The molecule has 2 heterocycles. The summed E-state index contributed by atoms with van der Waals surface area (Å²) in [6.45, 7) is 1.81. The van der Waals surface area contributed by atoms with Gasteiger partial charge in [-0.2, -0.15) is 0 Å². The second-order valence-corrected chi connectivity index (χ2v) is 6.70. The van der Waals surface area contributed by atoms with E-state index in [1.165, 1.54) is 12.8 Å². The highest BCUT2D eigenvalue weighted by molar-refractivity contribution is 5.97. The Morgan fingerprint density at radius 2 is 2.04 bits per heavy atom. The summed E-state index contributed by atoms with van der Waals surface area (Å²) in [6, 6.07) is 9.33. The van der Waals surface area contributed by atoms with E-state index in [2.05, 4.69) is 20.6 Å². The van der Waals surface area contributed by atoms with Crippen LogP contribution < -0.4 is 10.6 Å². The summed E-state index contributed by atoms with van der Waals surface area (Å²) >= 11 is 0. The first-order valence-corrected chi connectivity index (χ1v) is 8.91. The zero-order valence-electron chi connectivity index (χ0n) is 14.4.